The number of fused-ring (bicyclic) bond motifs is 2. The van der Waals surface area contributed by atoms with Gasteiger partial charge in [0.1, 0.15) is 11.6 Å². The summed E-state index contributed by atoms with van der Waals surface area (Å²) in [6.07, 6.45) is 5.44. The molecule has 2 unspecified atom stereocenters. The molecular formula is C22H27N5O3. The van der Waals surface area contributed by atoms with Crippen molar-refractivity contribution in [2.75, 3.05) is 12.0 Å². The Labute approximate surface area is 175 Å². The van der Waals surface area contributed by atoms with Crippen molar-refractivity contribution in [3.63, 3.8) is 0 Å². The second-order valence-electron chi connectivity index (χ2n) is 7.95. The summed E-state index contributed by atoms with van der Waals surface area (Å²) in [5.41, 5.74) is 4.06. The van der Waals surface area contributed by atoms with Crippen LogP contribution < -0.4 is 26.2 Å². The highest BCUT2D eigenvalue weighted by atomic mass is 16.5. The largest absolute Gasteiger partial charge is 0.496 e. The molecule has 1 aromatic carbocycles. The molecule has 2 aliphatic rings. The first-order valence-corrected chi connectivity index (χ1v) is 10.2. The number of rotatable bonds is 5. The summed E-state index contributed by atoms with van der Waals surface area (Å²) in [5, 5.41) is 3.22. The second-order valence-corrected chi connectivity index (χ2v) is 7.95. The third-order valence-electron chi connectivity index (χ3n) is 6.22. The lowest BCUT2D eigenvalue weighted by molar-refractivity contribution is 0.0924. The molecule has 2 bridgehead atoms. The smallest absolute Gasteiger partial charge is 0.266 e. The Hall–Kier alpha value is -3.13. The van der Waals surface area contributed by atoms with Crippen molar-refractivity contribution in [2.24, 2.45) is 5.84 Å². The van der Waals surface area contributed by atoms with Crippen LogP contribution in [0.4, 0.5) is 5.82 Å². The number of methoxy groups -OCH3 is 1. The highest BCUT2D eigenvalue weighted by molar-refractivity contribution is 5.96. The summed E-state index contributed by atoms with van der Waals surface area (Å²) in [6, 6.07) is 9.91. The number of nitrogens with two attached hydrogens (primary N) is 1. The molecule has 4 rings (SSSR count). The van der Waals surface area contributed by atoms with Crippen LogP contribution >= 0.6 is 0 Å². The number of pyridine rings is 1. The number of ether oxygens (including phenoxy) is 1. The summed E-state index contributed by atoms with van der Waals surface area (Å²) < 4.78 is 5.34. The van der Waals surface area contributed by atoms with Gasteiger partial charge < -0.3 is 15.0 Å². The van der Waals surface area contributed by atoms with Crippen LogP contribution in [0.25, 0.3) is 0 Å². The van der Waals surface area contributed by atoms with Crippen LogP contribution in [0.1, 0.15) is 52.0 Å². The number of hydrazine groups is 1. The molecule has 0 radical (unpaired) electrons. The first-order valence-electron chi connectivity index (χ1n) is 10.2. The average Bonchev–Trinajstić information content (AvgIpc) is 3.03. The highest BCUT2D eigenvalue weighted by Crippen LogP contribution is 2.38. The Kier molecular flexibility index (Phi) is 5.59. The number of amides is 2. The summed E-state index contributed by atoms with van der Waals surface area (Å²) >= 11 is 0. The second kappa shape index (κ2) is 8.31. The molecular weight excluding hydrogens is 382 g/mol. The van der Waals surface area contributed by atoms with Gasteiger partial charge in [-0.15, -0.1) is 0 Å². The lowest BCUT2D eigenvalue weighted by Crippen LogP contribution is -2.50. The third-order valence-corrected chi connectivity index (χ3v) is 6.22. The molecule has 0 spiro atoms. The molecule has 4 N–H and O–H groups in total. The number of hydrogen-bond acceptors (Lipinski definition) is 6. The van der Waals surface area contributed by atoms with Crippen LogP contribution in [0.3, 0.4) is 0 Å². The van der Waals surface area contributed by atoms with Gasteiger partial charge in [-0.3, -0.25) is 15.0 Å². The molecule has 2 aromatic rings. The van der Waals surface area contributed by atoms with Crippen molar-refractivity contribution in [2.45, 2.75) is 50.7 Å². The minimum Gasteiger partial charge on any atom is -0.496 e. The Bertz CT molecular complexity index is 932. The number of aromatic nitrogens is 1. The van der Waals surface area contributed by atoms with Crippen molar-refractivity contribution in [1.82, 2.24) is 15.7 Å². The number of anilines is 1. The molecule has 0 saturated carbocycles. The van der Waals surface area contributed by atoms with Gasteiger partial charge in [0.15, 0.2) is 0 Å². The van der Waals surface area contributed by atoms with Gasteiger partial charge in [0, 0.05) is 35.4 Å². The van der Waals surface area contributed by atoms with Gasteiger partial charge in [-0.2, -0.15) is 0 Å². The molecule has 158 valence electrons. The predicted octanol–water partition coefficient (Wildman–Crippen LogP) is 1.93. The van der Waals surface area contributed by atoms with Gasteiger partial charge >= 0.3 is 0 Å². The van der Waals surface area contributed by atoms with Gasteiger partial charge in [-0.1, -0.05) is 6.07 Å². The normalized spacial score (nSPS) is 22.5. The molecule has 8 heteroatoms. The fourth-order valence-electron chi connectivity index (χ4n) is 4.77. The Morgan fingerprint density at radius 3 is 2.47 bits per heavy atom. The van der Waals surface area contributed by atoms with Gasteiger partial charge in [0.2, 0.25) is 0 Å². The van der Waals surface area contributed by atoms with Gasteiger partial charge in [0.25, 0.3) is 11.8 Å². The number of carbonyl (C=O) groups excluding carboxylic acids is 2. The number of nitrogen functional groups attached to an aromatic ring is 1. The van der Waals surface area contributed by atoms with Crippen LogP contribution in [-0.4, -0.2) is 42.0 Å². The van der Waals surface area contributed by atoms with E-state index in [9.17, 15) is 9.59 Å². The maximum Gasteiger partial charge on any atom is 0.266 e. The number of piperidine rings is 1. The number of nitrogens with one attached hydrogen (secondary N) is 2. The number of benzene rings is 1. The summed E-state index contributed by atoms with van der Waals surface area (Å²) in [6.45, 7) is 1.90. The number of carbonyl (C=O) groups is 2. The van der Waals surface area contributed by atoms with Gasteiger partial charge in [0.05, 0.1) is 12.7 Å². The lowest BCUT2D eigenvalue weighted by Gasteiger charge is -2.40. The van der Waals surface area contributed by atoms with E-state index in [-0.39, 0.29) is 17.9 Å². The summed E-state index contributed by atoms with van der Waals surface area (Å²) in [7, 11) is 1.61. The fourth-order valence-corrected chi connectivity index (χ4v) is 4.77. The van der Waals surface area contributed by atoms with E-state index in [2.05, 4.69) is 20.6 Å². The SMILES string of the molecule is COc1cccc(C(=O)NC2CC3CCC(C2)N3c2ccc(C(=O)NN)cn2)c1C. The zero-order valence-electron chi connectivity index (χ0n) is 17.2. The monoisotopic (exact) mass is 409 g/mol. The van der Waals surface area contributed by atoms with Crippen molar-refractivity contribution in [3.8, 4) is 5.75 Å². The molecule has 0 aliphatic carbocycles. The zero-order chi connectivity index (χ0) is 21.3. The van der Waals surface area contributed by atoms with Crippen LogP contribution in [-0.2, 0) is 0 Å². The first kappa shape index (κ1) is 20.2. The van der Waals surface area contributed by atoms with Crippen molar-refractivity contribution in [1.29, 1.82) is 0 Å². The molecule has 2 saturated heterocycles. The first-order chi connectivity index (χ1) is 14.5. The van der Waals surface area contributed by atoms with E-state index in [0.717, 1.165) is 42.8 Å². The minimum absolute atomic E-state index is 0.0560. The Morgan fingerprint density at radius 2 is 1.87 bits per heavy atom. The van der Waals surface area contributed by atoms with Crippen LogP contribution in [0.5, 0.6) is 5.75 Å². The molecule has 1 aromatic heterocycles. The summed E-state index contributed by atoms with van der Waals surface area (Å²) in [5.74, 6) is 6.35. The van der Waals surface area contributed by atoms with E-state index in [1.165, 1.54) is 0 Å². The van der Waals surface area contributed by atoms with E-state index >= 15 is 0 Å². The Balaban J connectivity index is 1.44. The van der Waals surface area contributed by atoms with E-state index < -0.39 is 0 Å². The zero-order valence-corrected chi connectivity index (χ0v) is 17.2. The van der Waals surface area contributed by atoms with Crippen molar-refractivity contribution in [3.05, 3.63) is 53.2 Å². The quantitative estimate of drug-likeness (QED) is 0.396. The minimum atomic E-state index is -0.355. The van der Waals surface area contributed by atoms with Crippen molar-refractivity contribution >= 4 is 17.6 Å². The van der Waals surface area contributed by atoms with Gasteiger partial charge in [-0.25, -0.2) is 10.8 Å². The van der Waals surface area contributed by atoms with E-state index in [0.29, 0.717) is 23.2 Å². The van der Waals surface area contributed by atoms with Crippen LogP contribution in [0, 0.1) is 6.92 Å². The third kappa shape index (κ3) is 3.70. The lowest BCUT2D eigenvalue weighted by atomic mass is 9.96. The van der Waals surface area contributed by atoms with E-state index in [1.807, 2.05) is 31.2 Å². The Morgan fingerprint density at radius 1 is 1.13 bits per heavy atom. The molecule has 2 atom stereocenters. The molecule has 8 nitrogen and oxygen atoms in total. The standard InChI is InChI=1S/C22H27N5O3/c1-13-18(4-3-5-19(13)30-2)22(29)25-15-10-16-7-8-17(11-15)27(16)20-9-6-14(12-24-20)21(28)26-23/h3-6,9,12,15-17H,7-8,10-11,23H2,1-2H3,(H,25,29)(H,26,28). The highest BCUT2D eigenvalue weighted by Gasteiger charge is 2.41. The molecule has 2 aliphatic heterocycles. The average molecular weight is 409 g/mol. The van der Waals surface area contributed by atoms with Gasteiger partial charge in [-0.05, 0) is 56.9 Å². The van der Waals surface area contributed by atoms with Crippen LogP contribution in [0.15, 0.2) is 36.5 Å². The van der Waals surface area contributed by atoms with Crippen molar-refractivity contribution < 1.29 is 14.3 Å². The number of nitrogens with zero attached hydrogens (tertiary/aromatic N) is 2. The van der Waals surface area contributed by atoms with Crippen LogP contribution in [0.2, 0.25) is 0 Å². The topological polar surface area (TPSA) is 110 Å². The van der Waals surface area contributed by atoms with E-state index in [1.54, 1.807) is 19.4 Å². The molecule has 2 amide bonds. The summed E-state index contributed by atoms with van der Waals surface area (Å²) in [4.78, 5) is 31.3. The maximum atomic E-state index is 12.9. The predicted molar refractivity (Wildman–Crippen MR) is 113 cm³/mol. The molecule has 2 fully saturated rings. The molecule has 3 heterocycles. The van der Waals surface area contributed by atoms with E-state index in [4.69, 9.17) is 10.6 Å². The maximum absolute atomic E-state index is 12.9. The number of hydrogen-bond donors (Lipinski definition) is 3. The fraction of sp³-hybridized carbons (Fsp3) is 0.409. The molecule has 30 heavy (non-hydrogen) atoms.